The number of rotatable bonds is 4. The van der Waals surface area contributed by atoms with Crippen LogP contribution in [0.1, 0.15) is 23.3 Å². The van der Waals surface area contributed by atoms with E-state index in [2.05, 4.69) is 5.10 Å². The van der Waals surface area contributed by atoms with Crippen LogP contribution in [0.2, 0.25) is 0 Å². The predicted octanol–water partition coefficient (Wildman–Crippen LogP) is 3.55. The van der Waals surface area contributed by atoms with Crippen LogP contribution in [0.5, 0.6) is 0 Å². The van der Waals surface area contributed by atoms with Gasteiger partial charge in [0.15, 0.2) is 5.69 Å². The van der Waals surface area contributed by atoms with Crippen LogP contribution < -0.4 is 5.56 Å². The second-order valence-corrected chi connectivity index (χ2v) is 6.73. The minimum atomic E-state index is -4.51. The number of benzene rings is 2. The Balaban J connectivity index is 1.89. The van der Waals surface area contributed by atoms with Crippen LogP contribution in [0, 0.1) is 0 Å². The second-order valence-electron chi connectivity index (χ2n) is 6.73. The fraction of sp³-hybridized carbons (Fsp3) is 0.250. The molecule has 3 aromatic rings. The van der Waals surface area contributed by atoms with E-state index in [0.29, 0.717) is 18.5 Å². The van der Waals surface area contributed by atoms with E-state index >= 15 is 0 Å². The number of hydrogen-bond acceptors (Lipinski definition) is 3. The van der Waals surface area contributed by atoms with Gasteiger partial charge in [0, 0.05) is 11.4 Å². The summed E-state index contributed by atoms with van der Waals surface area (Å²) in [6.07, 6.45) is -3.46. The monoisotopic (exact) mass is 387 g/mol. The fourth-order valence-corrected chi connectivity index (χ4v) is 3.17. The Bertz CT molecular complexity index is 1090. The first-order chi connectivity index (χ1) is 13.3. The van der Waals surface area contributed by atoms with Crippen LogP contribution in [0.4, 0.5) is 13.2 Å². The normalized spacial score (nSPS) is 14.2. The van der Waals surface area contributed by atoms with Crippen LogP contribution >= 0.6 is 0 Å². The van der Waals surface area contributed by atoms with Gasteiger partial charge in [0.2, 0.25) is 0 Å². The molecule has 1 aliphatic rings. The summed E-state index contributed by atoms with van der Waals surface area (Å²) in [5, 5.41) is 4.65. The smallest absolute Gasteiger partial charge is 0.325 e. The number of carbonyl (C=O) groups is 1. The molecule has 1 aromatic heterocycles. The lowest BCUT2D eigenvalue weighted by atomic mass is 10.1. The molecule has 2 aromatic carbocycles. The van der Waals surface area contributed by atoms with Gasteiger partial charge in [-0.3, -0.25) is 9.59 Å². The van der Waals surface area contributed by atoms with Crippen LogP contribution in [-0.2, 0) is 0 Å². The second kappa shape index (κ2) is 6.78. The van der Waals surface area contributed by atoms with E-state index in [1.165, 1.54) is 6.07 Å². The summed E-state index contributed by atoms with van der Waals surface area (Å²) < 4.78 is 40.1. The molecule has 0 aliphatic heterocycles. The molecule has 0 N–H and O–H groups in total. The molecule has 0 bridgehead atoms. The van der Waals surface area contributed by atoms with Gasteiger partial charge in [-0.15, -0.1) is 0 Å². The van der Waals surface area contributed by atoms with Crippen LogP contribution in [0.3, 0.4) is 0 Å². The van der Waals surface area contributed by atoms with Crippen molar-refractivity contribution >= 4 is 16.7 Å². The van der Waals surface area contributed by atoms with Crippen molar-refractivity contribution in [2.24, 2.45) is 0 Å². The van der Waals surface area contributed by atoms with Gasteiger partial charge in [-0.2, -0.15) is 23.0 Å². The van der Waals surface area contributed by atoms with Gasteiger partial charge in [-0.25, -0.2) is 0 Å². The molecule has 144 valence electrons. The first-order valence-electron chi connectivity index (χ1n) is 8.80. The molecule has 1 heterocycles. The maximum atomic E-state index is 13.1. The van der Waals surface area contributed by atoms with Crippen molar-refractivity contribution in [1.82, 2.24) is 14.7 Å². The number of alkyl halides is 3. The zero-order valence-corrected chi connectivity index (χ0v) is 14.7. The fourth-order valence-electron chi connectivity index (χ4n) is 3.17. The maximum absolute atomic E-state index is 13.1. The van der Waals surface area contributed by atoms with Crippen LogP contribution in [0.25, 0.3) is 16.5 Å². The SMILES string of the molecule is O=C(c1nn(-c2ccccc2)c(=O)c2ccccc12)N(CC(F)(F)F)C1CC1. The lowest BCUT2D eigenvalue weighted by molar-refractivity contribution is -0.141. The number of para-hydroxylation sites is 1. The van der Waals surface area contributed by atoms with Crippen LogP contribution in [0.15, 0.2) is 59.4 Å². The lowest BCUT2D eigenvalue weighted by Crippen LogP contribution is -2.41. The average Bonchev–Trinajstić information content (AvgIpc) is 3.51. The summed E-state index contributed by atoms with van der Waals surface area (Å²) in [6.45, 7) is -1.34. The average molecular weight is 387 g/mol. The van der Waals surface area contributed by atoms with Crippen molar-refractivity contribution in [2.45, 2.75) is 25.1 Å². The number of nitrogens with zero attached hydrogens (tertiary/aromatic N) is 3. The van der Waals surface area contributed by atoms with Gasteiger partial charge < -0.3 is 4.90 Å². The van der Waals surface area contributed by atoms with Gasteiger partial charge in [0.25, 0.3) is 11.5 Å². The Kier molecular flexibility index (Phi) is 4.41. The quantitative estimate of drug-likeness (QED) is 0.688. The van der Waals surface area contributed by atoms with E-state index in [-0.39, 0.29) is 16.5 Å². The minimum absolute atomic E-state index is 0.157. The van der Waals surface area contributed by atoms with Crippen LogP contribution in [-0.4, -0.2) is 39.4 Å². The molecule has 0 spiro atoms. The molecule has 0 saturated heterocycles. The topological polar surface area (TPSA) is 55.2 Å². The molecule has 0 atom stereocenters. The molecule has 5 nitrogen and oxygen atoms in total. The van der Waals surface area contributed by atoms with Gasteiger partial charge in [0.1, 0.15) is 6.54 Å². The summed E-state index contributed by atoms with van der Waals surface area (Å²) in [5.74, 6) is -0.819. The van der Waals surface area contributed by atoms with E-state index < -0.39 is 30.2 Å². The minimum Gasteiger partial charge on any atom is -0.325 e. The molecular weight excluding hydrogens is 371 g/mol. The molecule has 1 saturated carbocycles. The van der Waals surface area contributed by atoms with E-state index in [4.69, 9.17) is 0 Å². The van der Waals surface area contributed by atoms with Crippen molar-refractivity contribution in [3.05, 3.63) is 70.6 Å². The van der Waals surface area contributed by atoms with Crippen molar-refractivity contribution in [3.8, 4) is 5.69 Å². The highest BCUT2D eigenvalue weighted by Crippen LogP contribution is 2.32. The Morgan fingerprint density at radius 3 is 2.25 bits per heavy atom. The molecule has 0 radical (unpaired) electrons. The van der Waals surface area contributed by atoms with Gasteiger partial charge in [-0.1, -0.05) is 36.4 Å². The zero-order valence-electron chi connectivity index (χ0n) is 14.7. The van der Waals surface area contributed by atoms with E-state index in [1.807, 2.05) is 0 Å². The first-order valence-corrected chi connectivity index (χ1v) is 8.80. The third-order valence-electron chi connectivity index (χ3n) is 4.61. The molecule has 1 aliphatic carbocycles. The summed E-state index contributed by atoms with van der Waals surface area (Å²) >= 11 is 0. The highest BCUT2D eigenvalue weighted by atomic mass is 19.4. The molecule has 28 heavy (non-hydrogen) atoms. The third-order valence-corrected chi connectivity index (χ3v) is 4.61. The molecule has 1 fully saturated rings. The number of hydrogen-bond donors (Lipinski definition) is 0. The van der Waals surface area contributed by atoms with Gasteiger partial charge >= 0.3 is 6.18 Å². The molecule has 1 amide bonds. The van der Waals surface area contributed by atoms with E-state index in [9.17, 15) is 22.8 Å². The number of halogens is 3. The molecular formula is C20H16F3N3O2. The highest BCUT2D eigenvalue weighted by Gasteiger charge is 2.41. The number of amides is 1. The van der Waals surface area contributed by atoms with Crippen molar-refractivity contribution in [2.75, 3.05) is 6.54 Å². The number of aromatic nitrogens is 2. The van der Waals surface area contributed by atoms with Crippen molar-refractivity contribution < 1.29 is 18.0 Å². The highest BCUT2D eigenvalue weighted by molar-refractivity contribution is 6.05. The lowest BCUT2D eigenvalue weighted by Gasteiger charge is -2.24. The predicted molar refractivity (Wildman–Crippen MR) is 97.5 cm³/mol. The summed E-state index contributed by atoms with van der Waals surface area (Å²) in [5.41, 5.74) is -0.163. The van der Waals surface area contributed by atoms with E-state index in [1.54, 1.807) is 48.5 Å². The summed E-state index contributed by atoms with van der Waals surface area (Å²) in [7, 11) is 0. The van der Waals surface area contributed by atoms with Crippen molar-refractivity contribution in [1.29, 1.82) is 0 Å². The Labute approximate surface area is 158 Å². The first kappa shape index (κ1) is 18.2. The molecule has 4 rings (SSSR count). The maximum Gasteiger partial charge on any atom is 0.406 e. The third kappa shape index (κ3) is 3.49. The standard InChI is InChI=1S/C20H16F3N3O2/c21-20(22,23)12-25(13-10-11-13)19(28)17-15-8-4-5-9-16(15)18(27)26(24-17)14-6-2-1-3-7-14/h1-9,13H,10-12H2. The number of fused-ring (bicyclic) bond motifs is 1. The largest absolute Gasteiger partial charge is 0.406 e. The molecule has 8 heteroatoms. The summed E-state index contributed by atoms with van der Waals surface area (Å²) in [4.78, 5) is 26.7. The Morgan fingerprint density at radius 1 is 1.04 bits per heavy atom. The van der Waals surface area contributed by atoms with Gasteiger partial charge in [-0.05, 0) is 31.0 Å². The number of carbonyl (C=O) groups excluding carboxylic acids is 1. The van der Waals surface area contributed by atoms with Crippen molar-refractivity contribution in [3.63, 3.8) is 0 Å². The Hall–Kier alpha value is -3.16. The molecule has 0 unspecified atom stereocenters. The van der Waals surface area contributed by atoms with E-state index in [0.717, 1.165) is 9.58 Å². The van der Waals surface area contributed by atoms with Gasteiger partial charge in [0.05, 0.1) is 11.1 Å². The summed E-state index contributed by atoms with van der Waals surface area (Å²) in [6, 6.07) is 14.4. The Morgan fingerprint density at radius 2 is 1.64 bits per heavy atom. The zero-order chi connectivity index (χ0) is 19.9.